The lowest BCUT2D eigenvalue weighted by Crippen LogP contribution is -2.26. The molecule has 3 aromatic rings. The summed E-state index contributed by atoms with van der Waals surface area (Å²) < 4.78 is 11.2. The van der Waals surface area contributed by atoms with E-state index in [1.165, 1.54) is 0 Å². The summed E-state index contributed by atoms with van der Waals surface area (Å²) in [4.78, 5) is 14.5. The van der Waals surface area contributed by atoms with Gasteiger partial charge in [0.15, 0.2) is 0 Å². The third-order valence-electron chi connectivity index (χ3n) is 4.27. The highest BCUT2D eigenvalue weighted by Gasteiger charge is 2.15. The molecule has 0 aliphatic rings. The highest BCUT2D eigenvalue weighted by Crippen LogP contribution is 2.23. The molecule has 0 unspecified atom stereocenters. The molecule has 4 heteroatoms. The van der Waals surface area contributed by atoms with E-state index < -0.39 is 0 Å². The summed E-state index contributed by atoms with van der Waals surface area (Å²) in [5.41, 5.74) is 2.54. The number of nitrogens with zero attached hydrogens (tertiary/aromatic N) is 1. The number of ether oxygens (including phenoxy) is 2. The van der Waals surface area contributed by atoms with Crippen LogP contribution < -0.4 is 9.47 Å². The normalized spacial score (nSPS) is 10.3. The standard InChI is InChI=1S/C23H23NO3/c1-24(16-18-9-5-3-6-10-18)23(25)19-13-14-22(26-2)20(15-19)17-27-21-11-7-4-8-12-21/h3-15H,16-17H2,1-2H3. The number of benzene rings is 3. The van der Waals surface area contributed by atoms with E-state index in [9.17, 15) is 4.79 Å². The average molecular weight is 361 g/mol. The third kappa shape index (κ3) is 4.88. The van der Waals surface area contributed by atoms with Crippen LogP contribution in [0.4, 0.5) is 0 Å². The number of hydrogen-bond donors (Lipinski definition) is 0. The summed E-state index contributed by atoms with van der Waals surface area (Å²) in [6.07, 6.45) is 0. The molecule has 0 bridgehead atoms. The average Bonchev–Trinajstić information content (AvgIpc) is 2.73. The molecule has 0 N–H and O–H groups in total. The Balaban J connectivity index is 1.74. The molecule has 138 valence electrons. The van der Waals surface area contributed by atoms with Gasteiger partial charge in [-0.1, -0.05) is 48.5 Å². The molecule has 0 atom stereocenters. The van der Waals surface area contributed by atoms with Gasteiger partial charge in [0.25, 0.3) is 5.91 Å². The van der Waals surface area contributed by atoms with Gasteiger partial charge in [-0.3, -0.25) is 4.79 Å². The lowest BCUT2D eigenvalue weighted by atomic mass is 10.1. The fourth-order valence-electron chi connectivity index (χ4n) is 2.85. The molecule has 0 spiro atoms. The maximum atomic E-state index is 12.8. The van der Waals surface area contributed by atoms with Crippen LogP contribution in [0.1, 0.15) is 21.5 Å². The molecular formula is C23H23NO3. The van der Waals surface area contributed by atoms with Crippen LogP contribution in [0.3, 0.4) is 0 Å². The van der Waals surface area contributed by atoms with Gasteiger partial charge in [0.05, 0.1) is 7.11 Å². The highest BCUT2D eigenvalue weighted by molar-refractivity contribution is 5.94. The van der Waals surface area contributed by atoms with E-state index in [0.29, 0.717) is 24.5 Å². The zero-order chi connectivity index (χ0) is 19.1. The number of para-hydroxylation sites is 1. The van der Waals surface area contributed by atoms with Crippen molar-refractivity contribution in [2.24, 2.45) is 0 Å². The molecule has 3 aromatic carbocycles. The number of rotatable bonds is 7. The summed E-state index contributed by atoms with van der Waals surface area (Å²) in [6, 6.07) is 24.9. The monoisotopic (exact) mass is 361 g/mol. The zero-order valence-electron chi connectivity index (χ0n) is 15.6. The van der Waals surface area contributed by atoms with E-state index in [0.717, 1.165) is 16.9 Å². The van der Waals surface area contributed by atoms with Crippen LogP contribution >= 0.6 is 0 Å². The Morgan fingerprint density at radius 2 is 1.59 bits per heavy atom. The highest BCUT2D eigenvalue weighted by atomic mass is 16.5. The second-order valence-electron chi connectivity index (χ2n) is 6.28. The molecule has 3 rings (SSSR count). The van der Waals surface area contributed by atoms with Gasteiger partial charge >= 0.3 is 0 Å². The van der Waals surface area contributed by atoms with E-state index in [1.807, 2.05) is 72.8 Å². The van der Waals surface area contributed by atoms with Gasteiger partial charge in [-0.15, -0.1) is 0 Å². The van der Waals surface area contributed by atoms with E-state index in [4.69, 9.17) is 9.47 Å². The Morgan fingerprint density at radius 3 is 2.26 bits per heavy atom. The van der Waals surface area contributed by atoms with Crippen LogP contribution in [0, 0.1) is 0 Å². The molecule has 0 fully saturated rings. The Bertz CT molecular complexity index is 879. The molecule has 0 saturated heterocycles. The van der Waals surface area contributed by atoms with Crippen molar-refractivity contribution in [3.8, 4) is 11.5 Å². The SMILES string of the molecule is COc1ccc(C(=O)N(C)Cc2ccccc2)cc1COc1ccccc1. The van der Waals surface area contributed by atoms with Crippen LogP contribution in [0.15, 0.2) is 78.9 Å². The van der Waals surface area contributed by atoms with E-state index in [1.54, 1.807) is 25.1 Å². The van der Waals surface area contributed by atoms with Crippen LogP contribution in [-0.4, -0.2) is 25.0 Å². The van der Waals surface area contributed by atoms with Gasteiger partial charge < -0.3 is 14.4 Å². The number of carbonyl (C=O) groups excluding carboxylic acids is 1. The molecule has 0 saturated carbocycles. The minimum atomic E-state index is -0.0394. The topological polar surface area (TPSA) is 38.8 Å². The summed E-state index contributed by atoms with van der Waals surface area (Å²) in [7, 11) is 3.42. The lowest BCUT2D eigenvalue weighted by Gasteiger charge is -2.18. The van der Waals surface area contributed by atoms with Crippen molar-refractivity contribution in [1.29, 1.82) is 0 Å². The van der Waals surface area contributed by atoms with E-state index in [-0.39, 0.29) is 5.91 Å². The Kier molecular flexibility index (Phi) is 6.10. The predicted octanol–water partition coefficient (Wildman–Crippen LogP) is 4.55. The quantitative estimate of drug-likeness (QED) is 0.620. The zero-order valence-corrected chi connectivity index (χ0v) is 15.6. The fraction of sp³-hybridized carbons (Fsp3) is 0.174. The van der Waals surface area contributed by atoms with Crippen LogP contribution in [-0.2, 0) is 13.2 Å². The van der Waals surface area contributed by atoms with Crippen molar-refractivity contribution in [3.63, 3.8) is 0 Å². The first-order valence-corrected chi connectivity index (χ1v) is 8.81. The molecular weight excluding hydrogens is 338 g/mol. The van der Waals surface area contributed by atoms with Gasteiger partial charge in [-0.25, -0.2) is 0 Å². The molecule has 0 heterocycles. The first kappa shape index (κ1) is 18.5. The van der Waals surface area contributed by atoms with Crippen LogP contribution in [0.5, 0.6) is 11.5 Å². The second kappa shape index (κ2) is 8.90. The second-order valence-corrected chi connectivity index (χ2v) is 6.28. The van der Waals surface area contributed by atoms with Crippen LogP contribution in [0.2, 0.25) is 0 Å². The molecule has 4 nitrogen and oxygen atoms in total. The molecule has 27 heavy (non-hydrogen) atoms. The van der Waals surface area contributed by atoms with Gasteiger partial charge in [-0.05, 0) is 35.9 Å². The van der Waals surface area contributed by atoms with Gasteiger partial charge in [-0.2, -0.15) is 0 Å². The maximum Gasteiger partial charge on any atom is 0.253 e. The molecule has 0 aliphatic carbocycles. The summed E-state index contributed by atoms with van der Waals surface area (Å²) in [5.74, 6) is 1.44. The van der Waals surface area contributed by atoms with Gasteiger partial charge in [0, 0.05) is 24.7 Å². The van der Waals surface area contributed by atoms with Crippen molar-refractivity contribution in [3.05, 3.63) is 95.6 Å². The number of amides is 1. The van der Waals surface area contributed by atoms with Crippen molar-refractivity contribution >= 4 is 5.91 Å². The Morgan fingerprint density at radius 1 is 0.926 bits per heavy atom. The van der Waals surface area contributed by atoms with Crippen molar-refractivity contribution < 1.29 is 14.3 Å². The number of hydrogen-bond acceptors (Lipinski definition) is 3. The van der Waals surface area contributed by atoms with E-state index in [2.05, 4.69) is 0 Å². The van der Waals surface area contributed by atoms with Crippen molar-refractivity contribution in [2.45, 2.75) is 13.2 Å². The van der Waals surface area contributed by atoms with Crippen molar-refractivity contribution in [2.75, 3.05) is 14.2 Å². The number of methoxy groups -OCH3 is 1. The minimum Gasteiger partial charge on any atom is -0.496 e. The summed E-state index contributed by atoms with van der Waals surface area (Å²) in [5, 5.41) is 0. The summed E-state index contributed by atoms with van der Waals surface area (Å²) >= 11 is 0. The maximum absolute atomic E-state index is 12.8. The molecule has 0 aliphatic heterocycles. The fourth-order valence-corrected chi connectivity index (χ4v) is 2.85. The smallest absolute Gasteiger partial charge is 0.253 e. The van der Waals surface area contributed by atoms with Gasteiger partial charge in [0.2, 0.25) is 0 Å². The molecule has 1 amide bonds. The first-order chi connectivity index (χ1) is 13.2. The van der Waals surface area contributed by atoms with Crippen LogP contribution in [0.25, 0.3) is 0 Å². The van der Waals surface area contributed by atoms with Crippen molar-refractivity contribution in [1.82, 2.24) is 4.90 Å². The Labute approximate surface area is 160 Å². The Hall–Kier alpha value is -3.27. The largest absolute Gasteiger partial charge is 0.496 e. The molecule has 0 aromatic heterocycles. The lowest BCUT2D eigenvalue weighted by molar-refractivity contribution is 0.0785. The predicted molar refractivity (Wildman–Crippen MR) is 106 cm³/mol. The molecule has 0 radical (unpaired) electrons. The minimum absolute atomic E-state index is 0.0394. The van der Waals surface area contributed by atoms with E-state index >= 15 is 0 Å². The first-order valence-electron chi connectivity index (χ1n) is 8.81. The number of carbonyl (C=O) groups is 1. The third-order valence-corrected chi connectivity index (χ3v) is 4.27. The van der Waals surface area contributed by atoms with Gasteiger partial charge in [0.1, 0.15) is 18.1 Å². The summed E-state index contributed by atoms with van der Waals surface area (Å²) in [6.45, 7) is 0.887.